The first-order chi connectivity index (χ1) is 27.8. The number of aliphatic hydroxyl groups is 2. The van der Waals surface area contributed by atoms with Crippen LogP contribution in [0.4, 0.5) is 0 Å². The van der Waals surface area contributed by atoms with Crippen LogP contribution in [-0.2, 0) is 38.4 Å². The van der Waals surface area contributed by atoms with Crippen LogP contribution in [0.3, 0.4) is 0 Å². The molecular formula is C43H79N7O12. The summed E-state index contributed by atoms with van der Waals surface area (Å²) < 4.78 is 0. The highest BCUT2D eigenvalue weighted by atomic mass is 16.4. The summed E-state index contributed by atoms with van der Waals surface area (Å²) in [5.74, 6) is -5.32. The maximum atomic E-state index is 14.8. The van der Waals surface area contributed by atoms with Crippen molar-refractivity contribution < 1.29 is 58.8 Å². The Kier molecular flexibility index (Phi) is 21.7. The molecule has 3 amide bonds. The van der Waals surface area contributed by atoms with Gasteiger partial charge >= 0.3 is 11.9 Å². The second-order valence-electron chi connectivity index (χ2n) is 20.4. The number of carbonyl (C=O) groups is 8. The van der Waals surface area contributed by atoms with E-state index in [-0.39, 0.29) is 56.6 Å². The number of carboxylic acid groups (broad SMARTS) is 2. The zero-order valence-electron chi connectivity index (χ0n) is 39.8. The van der Waals surface area contributed by atoms with E-state index >= 15 is 0 Å². The molecule has 12 N–H and O–H groups in total. The molecule has 0 aliphatic heterocycles. The number of hydrogen-bond acceptors (Lipinski definition) is 14. The lowest BCUT2D eigenvalue weighted by molar-refractivity contribution is -0.142. The summed E-state index contributed by atoms with van der Waals surface area (Å²) in [5.41, 5.74) is -1.11. The minimum atomic E-state index is -1.40. The SMILES string of the molecule is CC(NC(O)CNC(=O)CCC(NC(C)(C)C(C)(C)C(=O)C(CCC(=O)O)NC(C)(C)C(C)(C)C(=O)C(CCC(=O)O)NC(C)(C)C)C(=O)C(C)(C)C)C(=O)NC(CO)C(N)=O. The molecule has 19 nitrogen and oxygen atoms in total. The Balaban J connectivity index is 6.39. The molecule has 0 saturated heterocycles. The van der Waals surface area contributed by atoms with Gasteiger partial charge in [-0.3, -0.25) is 43.7 Å². The van der Waals surface area contributed by atoms with E-state index in [1.807, 2.05) is 20.8 Å². The Hall–Kier alpha value is -3.88. The Bertz CT molecular complexity index is 1600. The molecule has 0 bridgehead atoms. The van der Waals surface area contributed by atoms with E-state index in [9.17, 15) is 58.8 Å². The molecule has 62 heavy (non-hydrogen) atoms. The van der Waals surface area contributed by atoms with Gasteiger partial charge in [0.15, 0.2) is 17.3 Å². The van der Waals surface area contributed by atoms with Crippen LogP contribution in [-0.4, -0.2) is 134 Å². The summed E-state index contributed by atoms with van der Waals surface area (Å²) in [4.78, 5) is 103. The predicted molar refractivity (Wildman–Crippen MR) is 234 cm³/mol. The largest absolute Gasteiger partial charge is 0.481 e. The standard InChI is InChI=1S/C43H79N7O12/c1-24(37(62)47-28(23-51)36(44)61)46-30(53)22-45-29(52)19-16-25(33(58)38(2,3)4)49-42(12,13)41(10,11)35(60)27(18-21-32(56)57)50-43(14,15)40(8,9)34(59)26(17-20-31(54)55)48-39(5,6)7/h24-28,30,46,48-51,53H,16-23H2,1-15H3,(H2,44,61)(H,45,52)(H,47,62)(H,54,55)(H,56,57). The van der Waals surface area contributed by atoms with Gasteiger partial charge in [0, 0.05) is 52.1 Å². The lowest BCUT2D eigenvalue weighted by Gasteiger charge is -2.49. The van der Waals surface area contributed by atoms with Crippen LogP contribution >= 0.6 is 0 Å². The number of primary amides is 1. The molecule has 0 radical (unpaired) electrons. The van der Waals surface area contributed by atoms with Crippen molar-refractivity contribution >= 4 is 47.0 Å². The molecule has 0 rings (SSSR count). The monoisotopic (exact) mass is 886 g/mol. The zero-order valence-corrected chi connectivity index (χ0v) is 39.8. The first-order valence-electron chi connectivity index (χ1n) is 21.2. The number of aliphatic carboxylic acids is 2. The van der Waals surface area contributed by atoms with E-state index in [4.69, 9.17) is 5.73 Å². The minimum Gasteiger partial charge on any atom is -0.481 e. The van der Waals surface area contributed by atoms with Crippen molar-refractivity contribution in [3.8, 4) is 0 Å². The molecule has 19 heteroatoms. The molecule has 0 aromatic heterocycles. The number of aliphatic hydroxyl groups excluding tert-OH is 2. The van der Waals surface area contributed by atoms with Gasteiger partial charge in [-0.05, 0) is 74.7 Å². The van der Waals surface area contributed by atoms with Crippen LogP contribution in [0.1, 0.15) is 142 Å². The highest BCUT2D eigenvalue weighted by Crippen LogP contribution is 2.38. The predicted octanol–water partition coefficient (Wildman–Crippen LogP) is 0.907. The van der Waals surface area contributed by atoms with Crippen molar-refractivity contribution in [1.29, 1.82) is 0 Å². The normalized spacial score (nSPS) is 16.0. The number of nitrogens with two attached hydrogens (primary N) is 1. The average molecular weight is 886 g/mol. The first-order valence-corrected chi connectivity index (χ1v) is 21.2. The summed E-state index contributed by atoms with van der Waals surface area (Å²) in [7, 11) is 0. The van der Waals surface area contributed by atoms with Crippen molar-refractivity contribution in [1.82, 2.24) is 31.9 Å². The van der Waals surface area contributed by atoms with Gasteiger partial charge in [-0.15, -0.1) is 0 Å². The quantitative estimate of drug-likeness (QED) is 0.0465. The number of carboxylic acids is 2. The smallest absolute Gasteiger partial charge is 0.303 e. The van der Waals surface area contributed by atoms with Gasteiger partial charge in [0.05, 0.1) is 37.3 Å². The number of ketones is 3. The third-order valence-electron chi connectivity index (χ3n) is 11.8. The minimum absolute atomic E-state index is 0.0106. The van der Waals surface area contributed by atoms with Gasteiger partial charge in [-0.1, -0.05) is 48.5 Å². The van der Waals surface area contributed by atoms with Crippen LogP contribution < -0.4 is 37.6 Å². The zero-order chi connectivity index (χ0) is 49.0. The number of rotatable bonds is 29. The molecular weight excluding hydrogens is 807 g/mol. The second kappa shape index (κ2) is 23.2. The molecule has 0 aliphatic rings. The molecule has 0 saturated carbocycles. The fourth-order valence-corrected chi connectivity index (χ4v) is 6.61. The maximum absolute atomic E-state index is 14.8. The van der Waals surface area contributed by atoms with Crippen LogP contribution in [0.2, 0.25) is 0 Å². The summed E-state index contributed by atoms with van der Waals surface area (Å²) in [6, 6.07) is -5.24. The topological polar surface area (TPSA) is 316 Å². The van der Waals surface area contributed by atoms with Gasteiger partial charge in [-0.25, -0.2) is 0 Å². The number of hydrogen-bond donors (Lipinski definition) is 11. The van der Waals surface area contributed by atoms with Crippen molar-refractivity contribution in [2.75, 3.05) is 13.2 Å². The lowest BCUT2D eigenvalue weighted by atomic mass is 9.66. The molecule has 0 aromatic carbocycles. The summed E-state index contributed by atoms with van der Waals surface area (Å²) in [6.45, 7) is 24.8. The van der Waals surface area contributed by atoms with Crippen LogP contribution in [0.25, 0.3) is 0 Å². The van der Waals surface area contributed by atoms with Gasteiger partial charge in [0.1, 0.15) is 12.3 Å². The van der Waals surface area contributed by atoms with Crippen LogP contribution in [0.15, 0.2) is 0 Å². The molecule has 0 spiro atoms. The average Bonchev–Trinajstić information content (AvgIpc) is 3.12. The fraction of sp³-hybridized carbons (Fsp3) is 0.814. The summed E-state index contributed by atoms with van der Waals surface area (Å²) in [6.07, 6.45) is -2.31. The number of nitrogens with one attached hydrogen (secondary N) is 6. The van der Waals surface area contributed by atoms with Gasteiger partial charge in [0.2, 0.25) is 17.7 Å². The van der Waals surface area contributed by atoms with Crippen molar-refractivity contribution in [3.05, 3.63) is 0 Å². The van der Waals surface area contributed by atoms with E-state index < -0.39 is 111 Å². The molecule has 0 heterocycles. The molecule has 6 unspecified atom stereocenters. The van der Waals surface area contributed by atoms with E-state index in [2.05, 4.69) is 31.9 Å². The highest BCUT2D eigenvalue weighted by Gasteiger charge is 2.51. The van der Waals surface area contributed by atoms with E-state index in [0.717, 1.165) is 0 Å². The van der Waals surface area contributed by atoms with Crippen LogP contribution in [0, 0.1) is 16.2 Å². The van der Waals surface area contributed by atoms with Gasteiger partial charge < -0.3 is 52.7 Å². The lowest BCUT2D eigenvalue weighted by Crippen LogP contribution is -2.67. The summed E-state index contributed by atoms with van der Waals surface area (Å²) >= 11 is 0. The Morgan fingerprint density at radius 3 is 1.32 bits per heavy atom. The third kappa shape index (κ3) is 18.1. The first kappa shape index (κ1) is 58.1. The fourth-order valence-electron chi connectivity index (χ4n) is 6.61. The molecule has 0 aromatic rings. The van der Waals surface area contributed by atoms with Crippen molar-refractivity contribution in [2.24, 2.45) is 22.0 Å². The molecule has 0 fully saturated rings. The maximum Gasteiger partial charge on any atom is 0.303 e. The number of Topliss-reactive ketones (excluding diaryl/α,β-unsaturated/α-hetero) is 3. The van der Waals surface area contributed by atoms with Gasteiger partial charge in [-0.2, -0.15) is 0 Å². The van der Waals surface area contributed by atoms with Crippen LogP contribution in [0.5, 0.6) is 0 Å². The Morgan fingerprint density at radius 2 is 0.968 bits per heavy atom. The van der Waals surface area contributed by atoms with Crippen molar-refractivity contribution in [3.63, 3.8) is 0 Å². The molecule has 0 aliphatic carbocycles. The van der Waals surface area contributed by atoms with E-state index in [1.165, 1.54) is 6.92 Å². The van der Waals surface area contributed by atoms with E-state index in [0.29, 0.717) is 0 Å². The van der Waals surface area contributed by atoms with E-state index in [1.54, 1.807) is 76.2 Å². The van der Waals surface area contributed by atoms with Gasteiger partial charge in [0.25, 0.3) is 0 Å². The Morgan fingerprint density at radius 1 is 0.581 bits per heavy atom. The molecule has 6 atom stereocenters. The summed E-state index contributed by atoms with van der Waals surface area (Å²) in [5, 5.41) is 56.0. The second-order valence-corrected chi connectivity index (χ2v) is 20.4. The third-order valence-corrected chi connectivity index (χ3v) is 11.8. The van der Waals surface area contributed by atoms with Crippen molar-refractivity contribution in [2.45, 2.75) is 195 Å². The highest BCUT2D eigenvalue weighted by molar-refractivity contribution is 5.93. The molecule has 358 valence electrons. The Labute approximate surface area is 367 Å². The number of amides is 3. The number of carbonyl (C=O) groups excluding carboxylic acids is 6.